The number of fused-ring (bicyclic) bond motifs is 1. The molecule has 0 N–H and O–H groups in total. The van der Waals surface area contributed by atoms with Crippen molar-refractivity contribution in [3.63, 3.8) is 0 Å². The van der Waals surface area contributed by atoms with E-state index in [0.717, 1.165) is 47.9 Å². The lowest BCUT2D eigenvalue weighted by Gasteiger charge is -2.17. The number of hydrogen-bond donors (Lipinski definition) is 0. The van der Waals surface area contributed by atoms with Crippen molar-refractivity contribution in [2.45, 2.75) is 67.2 Å². The molecule has 1 heterocycles. The third-order valence-corrected chi connectivity index (χ3v) is 5.52. The molecule has 1 aromatic heterocycles. The van der Waals surface area contributed by atoms with Gasteiger partial charge in [0.25, 0.3) is 5.56 Å². The normalized spacial score (nSPS) is 11.3. The van der Waals surface area contributed by atoms with E-state index in [4.69, 9.17) is 14.2 Å². The number of aromatic nitrogens is 1. The van der Waals surface area contributed by atoms with Crippen LogP contribution in [-0.2, 0) is 7.05 Å². The Morgan fingerprint density at radius 1 is 0.912 bits per heavy atom. The van der Waals surface area contributed by atoms with Crippen LogP contribution in [0.15, 0.2) is 57.9 Å². The fourth-order valence-electron chi connectivity index (χ4n) is 3.41. The number of benzene rings is 1. The SMILES string of the molecule is CCCCOc1ccc2c(OC/C=C(\C)CCC=C(C)C)c(OCC=C(C)C)c(=O)n(C)c2c1. The molecule has 0 aliphatic rings. The van der Waals surface area contributed by atoms with Gasteiger partial charge in [-0.2, -0.15) is 0 Å². The van der Waals surface area contributed by atoms with Crippen LogP contribution in [0, 0.1) is 0 Å². The van der Waals surface area contributed by atoms with Gasteiger partial charge >= 0.3 is 0 Å². The minimum absolute atomic E-state index is 0.223. The second-order valence-corrected chi connectivity index (χ2v) is 9.18. The zero-order valence-electron chi connectivity index (χ0n) is 22.0. The molecule has 5 nitrogen and oxygen atoms in total. The Labute approximate surface area is 204 Å². The molecule has 0 saturated heterocycles. The Morgan fingerprint density at radius 3 is 2.26 bits per heavy atom. The zero-order valence-corrected chi connectivity index (χ0v) is 22.0. The minimum atomic E-state index is -0.223. The summed E-state index contributed by atoms with van der Waals surface area (Å²) in [7, 11) is 1.76. The summed E-state index contributed by atoms with van der Waals surface area (Å²) in [6, 6.07) is 5.78. The lowest BCUT2D eigenvalue weighted by Crippen LogP contribution is -2.21. The number of ether oxygens (including phenoxy) is 3. The molecule has 0 aliphatic carbocycles. The van der Waals surface area contributed by atoms with Gasteiger partial charge in [0.2, 0.25) is 5.75 Å². The summed E-state index contributed by atoms with van der Waals surface area (Å²) in [5.41, 5.74) is 4.24. The maximum Gasteiger partial charge on any atom is 0.297 e. The minimum Gasteiger partial charge on any atom is -0.494 e. The molecule has 34 heavy (non-hydrogen) atoms. The summed E-state index contributed by atoms with van der Waals surface area (Å²) in [5.74, 6) is 1.46. The Balaban J connectivity index is 2.40. The fourth-order valence-corrected chi connectivity index (χ4v) is 3.41. The molecule has 186 valence electrons. The average molecular weight is 468 g/mol. The molecular weight excluding hydrogens is 426 g/mol. The van der Waals surface area contributed by atoms with E-state index < -0.39 is 0 Å². The highest BCUT2D eigenvalue weighted by molar-refractivity contribution is 5.89. The quantitative estimate of drug-likeness (QED) is 0.232. The number of allylic oxidation sites excluding steroid dienone is 4. The van der Waals surface area contributed by atoms with Gasteiger partial charge in [0.15, 0.2) is 5.75 Å². The van der Waals surface area contributed by atoms with Crippen LogP contribution in [-0.4, -0.2) is 24.4 Å². The van der Waals surface area contributed by atoms with Gasteiger partial charge in [0, 0.05) is 18.5 Å². The largest absolute Gasteiger partial charge is 0.494 e. The van der Waals surface area contributed by atoms with Gasteiger partial charge in [-0.05, 0) is 78.2 Å². The number of rotatable bonds is 13. The molecule has 0 amide bonds. The van der Waals surface area contributed by atoms with Gasteiger partial charge in [0.05, 0.1) is 12.1 Å². The first kappa shape index (κ1) is 27.3. The highest BCUT2D eigenvalue weighted by atomic mass is 16.5. The Bertz CT molecular complexity index is 1100. The number of hydrogen-bond acceptors (Lipinski definition) is 4. The van der Waals surface area contributed by atoms with E-state index in [1.807, 2.05) is 38.1 Å². The second-order valence-electron chi connectivity index (χ2n) is 9.18. The first-order valence-electron chi connectivity index (χ1n) is 12.2. The molecule has 1 aromatic carbocycles. The smallest absolute Gasteiger partial charge is 0.297 e. The Morgan fingerprint density at radius 2 is 1.59 bits per heavy atom. The molecule has 0 atom stereocenters. The summed E-state index contributed by atoms with van der Waals surface area (Å²) in [6.07, 6.45) is 10.3. The molecule has 0 bridgehead atoms. The van der Waals surface area contributed by atoms with Gasteiger partial charge in [-0.15, -0.1) is 0 Å². The van der Waals surface area contributed by atoms with Crippen LogP contribution in [0.2, 0.25) is 0 Å². The Hall–Kier alpha value is -2.95. The number of nitrogens with zero attached hydrogens (tertiary/aromatic N) is 1. The summed E-state index contributed by atoms with van der Waals surface area (Å²) in [6.45, 7) is 13.8. The van der Waals surface area contributed by atoms with Gasteiger partial charge in [-0.1, -0.05) is 36.1 Å². The molecule has 0 unspecified atom stereocenters. The molecule has 2 aromatic rings. The monoisotopic (exact) mass is 467 g/mol. The van der Waals surface area contributed by atoms with Crippen molar-refractivity contribution >= 4 is 10.9 Å². The van der Waals surface area contributed by atoms with E-state index in [1.54, 1.807) is 11.6 Å². The van der Waals surface area contributed by atoms with Crippen molar-refractivity contribution in [1.29, 1.82) is 0 Å². The van der Waals surface area contributed by atoms with Crippen molar-refractivity contribution in [3.05, 3.63) is 63.5 Å². The van der Waals surface area contributed by atoms with Crippen molar-refractivity contribution in [3.8, 4) is 17.2 Å². The first-order valence-corrected chi connectivity index (χ1v) is 12.2. The van der Waals surface area contributed by atoms with Crippen LogP contribution in [0.4, 0.5) is 0 Å². The van der Waals surface area contributed by atoms with E-state index in [1.165, 1.54) is 11.1 Å². The summed E-state index contributed by atoms with van der Waals surface area (Å²) >= 11 is 0. The standard InChI is InChI=1S/C29H41NO4/c1-8-9-17-32-24-13-14-25-26(20-24)30(7)29(31)28(34-18-15-22(4)5)27(25)33-19-16-23(6)12-10-11-21(2)3/h11,13-16,20H,8-10,12,17-19H2,1-7H3/b23-16+. The van der Waals surface area contributed by atoms with Gasteiger partial charge in [-0.3, -0.25) is 4.79 Å². The lowest BCUT2D eigenvalue weighted by atomic mass is 10.1. The maximum absolute atomic E-state index is 13.2. The van der Waals surface area contributed by atoms with E-state index in [-0.39, 0.29) is 11.3 Å². The summed E-state index contributed by atoms with van der Waals surface area (Å²) in [5, 5.41) is 0.827. The van der Waals surface area contributed by atoms with Crippen LogP contribution in [0.25, 0.3) is 10.9 Å². The van der Waals surface area contributed by atoms with Crippen LogP contribution >= 0.6 is 0 Å². The maximum atomic E-state index is 13.2. The Kier molecular flexibility index (Phi) is 11.0. The van der Waals surface area contributed by atoms with E-state index in [9.17, 15) is 4.79 Å². The van der Waals surface area contributed by atoms with Crippen LogP contribution < -0.4 is 19.8 Å². The van der Waals surface area contributed by atoms with E-state index in [2.05, 4.69) is 39.8 Å². The van der Waals surface area contributed by atoms with Gasteiger partial charge < -0.3 is 18.8 Å². The van der Waals surface area contributed by atoms with Crippen molar-refractivity contribution < 1.29 is 14.2 Å². The summed E-state index contributed by atoms with van der Waals surface area (Å²) < 4.78 is 19.6. The molecule has 0 fully saturated rings. The average Bonchev–Trinajstić information content (AvgIpc) is 2.78. The molecular formula is C29H41NO4. The molecule has 0 saturated carbocycles. The predicted octanol–water partition coefficient (Wildman–Crippen LogP) is 7.13. The first-order chi connectivity index (χ1) is 16.2. The molecule has 0 spiro atoms. The summed E-state index contributed by atoms with van der Waals surface area (Å²) in [4.78, 5) is 13.2. The number of pyridine rings is 1. The third-order valence-electron chi connectivity index (χ3n) is 5.52. The molecule has 5 heteroatoms. The van der Waals surface area contributed by atoms with E-state index in [0.29, 0.717) is 25.6 Å². The number of unbranched alkanes of at least 4 members (excludes halogenated alkanes) is 1. The molecule has 0 aliphatic heterocycles. The third kappa shape index (κ3) is 8.12. The lowest BCUT2D eigenvalue weighted by molar-refractivity contribution is 0.304. The predicted molar refractivity (Wildman–Crippen MR) is 142 cm³/mol. The van der Waals surface area contributed by atoms with Crippen molar-refractivity contribution in [2.24, 2.45) is 7.05 Å². The molecule has 2 rings (SSSR count). The van der Waals surface area contributed by atoms with Crippen molar-refractivity contribution in [2.75, 3.05) is 19.8 Å². The van der Waals surface area contributed by atoms with Gasteiger partial charge in [-0.25, -0.2) is 0 Å². The fraction of sp³-hybridized carbons (Fsp3) is 0.483. The van der Waals surface area contributed by atoms with Crippen LogP contribution in [0.5, 0.6) is 17.2 Å². The number of aryl methyl sites for hydroxylation is 1. The topological polar surface area (TPSA) is 49.7 Å². The zero-order chi connectivity index (χ0) is 25.1. The molecule has 0 radical (unpaired) electrons. The van der Waals surface area contributed by atoms with Crippen molar-refractivity contribution in [1.82, 2.24) is 4.57 Å². The van der Waals surface area contributed by atoms with Gasteiger partial charge in [0.1, 0.15) is 19.0 Å². The second kappa shape index (κ2) is 13.7. The highest BCUT2D eigenvalue weighted by Gasteiger charge is 2.18. The van der Waals surface area contributed by atoms with E-state index >= 15 is 0 Å². The van der Waals surface area contributed by atoms with Crippen LogP contribution in [0.1, 0.15) is 67.2 Å². The highest BCUT2D eigenvalue weighted by Crippen LogP contribution is 2.34. The van der Waals surface area contributed by atoms with Crippen LogP contribution in [0.3, 0.4) is 0 Å².